The number of hydrogen-bond donors (Lipinski definition) is 1. The molecule has 0 amide bonds. The van der Waals surface area contributed by atoms with Crippen molar-refractivity contribution in [3.8, 4) is 0 Å². The molecule has 1 aliphatic heterocycles. The van der Waals surface area contributed by atoms with Gasteiger partial charge in [-0.2, -0.15) is 0 Å². The molecule has 0 spiro atoms. The predicted octanol–water partition coefficient (Wildman–Crippen LogP) is 4.36. The van der Waals surface area contributed by atoms with Crippen LogP contribution in [0.2, 0.25) is 0 Å². The van der Waals surface area contributed by atoms with Gasteiger partial charge in [0.25, 0.3) is 0 Å². The number of hydrogen-bond acceptors (Lipinski definition) is 1. The van der Waals surface area contributed by atoms with Gasteiger partial charge in [0.05, 0.1) is 12.6 Å². The minimum absolute atomic E-state index is 0.104. The molecule has 0 aliphatic carbocycles. The Morgan fingerprint density at radius 2 is 1.89 bits per heavy atom. The van der Waals surface area contributed by atoms with Crippen LogP contribution in [0.4, 0.5) is 4.39 Å². The SMILES string of the molecule is Cc1ccc([C@]2(CC[NH2+]Cc3ccccc3F)CCO[C@@H](C(C)C)C2)cc1. The fraction of sp³-hybridized carbons (Fsp3) is 0.500. The van der Waals surface area contributed by atoms with Gasteiger partial charge in [-0.15, -0.1) is 0 Å². The van der Waals surface area contributed by atoms with Crippen molar-refractivity contribution in [3.05, 3.63) is 71.0 Å². The third-order valence-corrected chi connectivity index (χ3v) is 6.06. The van der Waals surface area contributed by atoms with E-state index in [1.165, 1.54) is 11.1 Å². The lowest BCUT2D eigenvalue weighted by Crippen LogP contribution is -2.83. The lowest BCUT2D eigenvalue weighted by Gasteiger charge is -2.42. The van der Waals surface area contributed by atoms with E-state index in [0.29, 0.717) is 18.6 Å². The van der Waals surface area contributed by atoms with E-state index in [1.54, 1.807) is 12.1 Å². The monoisotopic (exact) mass is 370 g/mol. The zero-order valence-electron chi connectivity index (χ0n) is 16.9. The zero-order valence-corrected chi connectivity index (χ0v) is 16.9. The molecule has 0 aromatic heterocycles. The average Bonchev–Trinajstić information content (AvgIpc) is 2.67. The Morgan fingerprint density at radius 3 is 2.59 bits per heavy atom. The van der Waals surface area contributed by atoms with Gasteiger partial charge in [-0.1, -0.05) is 61.9 Å². The second-order valence-electron chi connectivity index (χ2n) is 8.38. The van der Waals surface area contributed by atoms with Crippen LogP contribution in [-0.2, 0) is 16.7 Å². The molecule has 2 aromatic rings. The summed E-state index contributed by atoms with van der Waals surface area (Å²) >= 11 is 0. The van der Waals surface area contributed by atoms with E-state index in [0.717, 1.165) is 38.0 Å². The highest BCUT2D eigenvalue weighted by Crippen LogP contribution is 2.41. The van der Waals surface area contributed by atoms with Crippen LogP contribution >= 0.6 is 0 Å². The predicted molar refractivity (Wildman–Crippen MR) is 108 cm³/mol. The van der Waals surface area contributed by atoms with Crippen LogP contribution in [-0.4, -0.2) is 19.3 Å². The molecule has 1 heterocycles. The molecule has 1 fully saturated rings. The summed E-state index contributed by atoms with van der Waals surface area (Å²) < 4.78 is 19.9. The van der Waals surface area contributed by atoms with Crippen molar-refractivity contribution >= 4 is 0 Å². The number of quaternary nitrogens is 1. The molecule has 0 unspecified atom stereocenters. The quantitative estimate of drug-likeness (QED) is 0.720. The van der Waals surface area contributed by atoms with E-state index in [2.05, 4.69) is 50.4 Å². The molecule has 2 aromatic carbocycles. The van der Waals surface area contributed by atoms with Gasteiger partial charge in [-0.3, -0.25) is 0 Å². The molecule has 146 valence electrons. The van der Waals surface area contributed by atoms with Gasteiger partial charge in [-0.05, 0) is 37.3 Å². The number of halogens is 1. The lowest BCUT2D eigenvalue weighted by molar-refractivity contribution is -0.672. The molecular weight excluding hydrogens is 337 g/mol. The molecule has 2 atom stereocenters. The largest absolute Gasteiger partial charge is 0.378 e. The first-order valence-electron chi connectivity index (χ1n) is 10.2. The van der Waals surface area contributed by atoms with Crippen LogP contribution in [0.1, 0.15) is 49.8 Å². The molecular formula is C24H33FNO+. The Balaban J connectivity index is 1.70. The fourth-order valence-electron chi connectivity index (χ4n) is 4.22. The van der Waals surface area contributed by atoms with Gasteiger partial charge in [-0.25, -0.2) is 4.39 Å². The van der Waals surface area contributed by atoms with Gasteiger partial charge < -0.3 is 10.1 Å². The van der Waals surface area contributed by atoms with Gasteiger partial charge in [0.1, 0.15) is 12.4 Å². The molecule has 1 saturated heterocycles. The van der Waals surface area contributed by atoms with Gasteiger partial charge >= 0.3 is 0 Å². The van der Waals surface area contributed by atoms with E-state index in [1.807, 2.05) is 12.1 Å². The minimum atomic E-state index is -0.104. The number of aryl methyl sites for hydroxylation is 1. The normalized spacial score (nSPS) is 22.9. The molecule has 3 rings (SSSR count). The second kappa shape index (κ2) is 8.99. The molecule has 1 aliphatic rings. The maximum atomic E-state index is 13.9. The summed E-state index contributed by atoms with van der Waals surface area (Å²) in [4.78, 5) is 0. The number of rotatable bonds is 7. The highest BCUT2D eigenvalue weighted by Gasteiger charge is 2.39. The number of benzene rings is 2. The van der Waals surface area contributed by atoms with Crippen LogP contribution in [0.15, 0.2) is 48.5 Å². The summed E-state index contributed by atoms with van der Waals surface area (Å²) in [5, 5.41) is 2.24. The Labute approximate surface area is 163 Å². The van der Waals surface area contributed by atoms with Crippen LogP contribution in [0.5, 0.6) is 0 Å². The van der Waals surface area contributed by atoms with Crippen LogP contribution in [0, 0.1) is 18.7 Å². The minimum Gasteiger partial charge on any atom is -0.378 e. The Morgan fingerprint density at radius 1 is 1.15 bits per heavy atom. The van der Waals surface area contributed by atoms with Gasteiger partial charge in [0, 0.05) is 24.0 Å². The lowest BCUT2D eigenvalue weighted by atomic mass is 9.68. The third-order valence-electron chi connectivity index (χ3n) is 6.06. The Kier molecular flexibility index (Phi) is 6.67. The first-order chi connectivity index (χ1) is 13.0. The van der Waals surface area contributed by atoms with Crippen molar-refractivity contribution < 1.29 is 14.4 Å². The highest BCUT2D eigenvalue weighted by atomic mass is 19.1. The molecule has 0 bridgehead atoms. The summed E-state index contributed by atoms with van der Waals surface area (Å²) in [5.41, 5.74) is 3.68. The van der Waals surface area contributed by atoms with Crippen molar-refractivity contribution in [1.82, 2.24) is 0 Å². The van der Waals surface area contributed by atoms with Crippen LogP contribution in [0.3, 0.4) is 0 Å². The van der Waals surface area contributed by atoms with Crippen molar-refractivity contribution in [3.63, 3.8) is 0 Å². The summed E-state index contributed by atoms with van der Waals surface area (Å²) in [6, 6.07) is 16.1. The highest BCUT2D eigenvalue weighted by molar-refractivity contribution is 5.29. The zero-order chi connectivity index (χ0) is 19.3. The van der Waals surface area contributed by atoms with Crippen molar-refractivity contribution in [1.29, 1.82) is 0 Å². The second-order valence-corrected chi connectivity index (χ2v) is 8.38. The van der Waals surface area contributed by atoms with Gasteiger partial charge in [0.15, 0.2) is 0 Å². The van der Waals surface area contributed by atoms with Crippen molar-refractivity contribution in [2.24, 2.45) is 5.92 Å². The van der Waals surface area contributed by atoms with Gasteiger partial charge in [0.2, 0.25) is 0 Å². The standard InChI is InChI=1S/C24H32FNO/c1-18(2)23-16-24(13-15-27-23,21-10-8-19(3)9-11-21)12-14-26-17-20-6-4-5-7-22(20)25/h4-11,18,23,26H,12-17H2,1-3H3/p+1/t23-,24-/m1/s1. The third kappa shape index (κ3) is 4.97. The molecule has 0 saturated carbocycles. The molecule has 0 radical (unpaired) electrons. The topological polar surface area (TPSA) is 25.8 Å². The van der Waals surface area contributed by atoms with Crippen molar-refractivity contribution in [2.45, 2.75) is 58.1 Å². The van der Waals surface area contributed by atoms with E-state index < -0.39 is 0 Å². The van der Waals surface area contributed by atoms with Crippen molar-refractivity contribution in [2.75, 3.05) is 13.2 Å². The Hall–Kier alpha value is -1.71. The first kappa shape index (κ1) is 20.0. The Bertz CT molecular complexity index is 727. The summed E-state index contributed by atoms with van der Waals surface area (Å²) in [5.74, 6) is 0.422. The maximum Gasteiger partial charge on any atom is 0.132 e. The van der Waals surface area contributed by atoms with E-state index in [-0.39, 0.29) is 11.2 Å². The smallest absolute Gasteiger partial charge is 0.132 e. The molecule has 2 nitrogen and oxygen atoms in total. The van der Waals surface area contributed by atoms with E-state index >= 15 is 0 Å². The average molecular weight is 371 g/mol. The molecule has 2 N–H and O–H groups in total. The maximum absolute atomic E-state index is 13.9. The van der Waals surface area contributed by atoms with Crippen LogP contribution in [0.25, 0.3) is 0 Å². The number of ether oxygens (including phenoxy) is 1. The molecule has 27 heavy (non-hydrogen) atoms. The summed E-state index contributed by atoms with van der Waals surface area (Å²) in [6.45, 7) is 9.15. The van der Waals surface area contributed by atoms with E-state index in [9.17, 15) is 4.39 Å². The molecule has 3 heteroatoms. The number of nitrogens with two attached hydrogens (primary N) is 1. The van der Waals surface area contributed by atoms with Crippen LogP contribution < -0.4 is 5.32 Å². The summed E-state index contributed by atoms with van der Waals surface area (Å²) in [7, 11) is 0. The first-order valence-corrected chi connectivity index (χ1v) is 10.2. The summed E-state index contributed by atoms with van der Waals surface area (Å²) in [6.07, 6.45) is 3.54. The van der Waals surface area contributed by atoms with E-state index in [4.69, 9.17) is 4.74 Å². The fourth-order valence-corrected chi connectivity index (χ4v) is 4.22.